The van der Waals surface area contributed by atoms with Gasteiger partial charge in [0.1, 0.15) is 11.6 Å². The van der Waals surface area contributed by atoms with E-state index in [4.69, 9.17) is 28.9 Å². The van der Waals surface area contributed by atoms with Crippen molar-refractivity contribution in [1.29, 1.82) is 0 Å². The summed E-state index contributed by atoms with van der Waals surface area (Å²) in [5.74, 6) is 3.39. The lowest BCUT2D eigenvalue weighted by Gasteiger charge is -2.26. The van der Waals surface area contributed by atoms with E-state index in [0.717, 1.165) is 67.6 Å². The minimum atomic E-state index is 0.568. The van der Waals surface area contributed by atoms with Gasteiger partial charge in [-0.1, -0.05) is 0 Å². The summed E-state index contributed by atoms with van der Waals surface area (Å²) in [5, 5.41) is 4.26. The molecule has 1 aliphatic rings. The number of hydrogen-bond acceptors (Lipinski definition) is 9. The summed E-state index contributed by atoms with van der Waals surface area (Å²) in [4.78, 5) is 14.0. The van der Waals surface area contributed by atoms with Gasteiger partial charge in [-0.05, 0) is 30.3 Å². The van der Waals surface area contributed by atoms with Crippen LogP contribution in [0.25, 0.3) is 10.9 Å². The van der Waals surface area contributed by atoms with Gasteiger partial charge in [0.05, 0.1) is 40.1 Å². The van der Waals surface area contributed by atoms with Gasteiger partial charge in [-0.15, -0.1) is 0 Å². The first-order valence-corrected chi connectivity index (χ1v) is 11.0. The summed E-state index contributed by atoms with van der Waals surface area (Å²) in [6.07, 6.45) is 0. The Labute approximate surface area is 194 Å². The fourth-order valence-electron chi connectivity index (χ4n) is 3.85. The van der Waals surface area contributed by atoms with Gasteiger partial charge >= 0.3 is 0 Å². The number of anilines is 3. The zero-order valence-electron chi connectivity index (χ0n) is 19.6. The van der Waals surface area contributed by atoms with Crippen LogP contribution >= 0.6 is 0 Å². The average Bonchev–Trinajstić information content (AvgIpc) is 2.87. The van der Waals surface area contributed by atoms with E-state index in [9.17, 15) is 0 Å². The van der Waals surface area contributed by atoms with Gasteiger partial charge in [0.25, 0.3) is 0 Å². The second kappa shape index (κ2) is 10.5. The predicted octanol–water partition coefficient (Wildman–Crippen LogP) is 3.17. The summed E-state index contributed by atoms with van der Waals surface area (Å²) in [5.41, 5.74) is 1.75. The molecule has 0 radical (unpaired) electrons. The van der Waals surface area contributed by atoms with Gasteiger partial charge in [-0.25, -0.2) is 4.98 Å². The number of rotatable bonds is 9. The van der Waals surface area contributed by atoms with Crippen LogP contribution in [0.3, 0.4) is 0 Å². The second-order valence-corrected chi connectivity index (χ2v) is 7.73. The first-order valence-electron chi connectivity index (χ1n) is 11.0. The molecule has 3 aromatic rings. The Morgan fingerprint density at radius 3 is 2.33 bits per heavy atom. The van der Waals surface area contributed by atoms with E-state index in [1.807, 2.05) is 48.3 Å². The molecule has 2 aromatic carbocycles. The zero-order valence-corrected chi connectivity index (χ0v) is 19.6. The Bertz CT molecular complexity index is 1070. The van der Waals surface area contributed by atoms with Crippen molar-refractivity contribution in [2.75, 3.05) is 78.0 Å². The highest BCUT2D eigenvalue weighted by Gasteiger charge is 2.17. The summed E-state index contributed by atoms with van der Waals surface area (Å²) in [6, 6.07) is 11.7. The van der Waals surface area contributed by atoms with Crippen LogP contribution in [-0.2, 0) is 4.74 Å². The van der Waals surface area contributed by atoms with Crippen molar-refractivity contribution in [1.82, 2.24) is 14.9 Å². The Morgan fingerprint density at radius 2 is 1.67 bits per heavy atom. The largest absolute Gasteiger partial charge is 0.497 e. The molecule has 9 nitrogen and oxygen atoms in total. The molecule has 0 amide bonds. The monoisotopic (exact) mass is 453 g/mol. The minimum absolute atomic E-state index is 0.568. The molecule has 0 spiro atoms. The molecule has 0 unspecified atom stereocenters. The van der Waals surface area contributed by atoms with Crippen molar-refractivity contribution >= 4 is 28.4 Å². The summed E-state index contributed by atoms with van der Waals surface area (Å²) >= 11 is 0. The highest BCUT2D eigenvalue weighted by molar-refractivity contribution is 5.94. The second-order valence-electron chi connectivity index (χ2n) is 7.73. The third-order valence-corrected chi connectivity index (χ3v) is 5.77. The molecule has 4 rings (SSSR count). The molecule has 2 heterocycles. The van der Waals surface area contributed by atoms with Gasteiger partial charge in [-0.3, -0.25) is 4.90 Å². The van der Waals surface area contributed by atoms with E-state index in [0.29, 0.717) is 17.4 Å². The molecule has 1 fully saturated rings. The Kier molecular flexibility index (Phi) is 7.31. The van der Waals surface area contributed by atoms with E-state index < -0.39 is 0 Å². The lowest BCUT2D eigenvalue weighted by Crippen LogP contribution is -2.39. The van der Waals surface area contributed by atoms with E-state index in [-0.39, 0.29) is 0 Å². The fourth-order valence-corrected chi connectivity index (χ4v) is 3.85. The molecule has 9 heteroatoms. The lowest BCUT2D eigenvalue weighted by molar-refractivity contribution is 0.0398. The fraction of sp³-hybridized carbons (Fsp3) is 0.417. The number of hydrogen-bond donors (Lipinski definition) is 1. The summed E-state index contributed by atoms with van der Waals surface area (Å²) in [6.45, 7) is 5.10. The van der Waals surface area contributed by atoms with Gasteiger partial charge in [0, 0.05) is 50.4 Å². The molecule has 0 saturated carbocycles. The first kappa shape index (κ1) is 22.9. The minimum Gasteiger partial charge on any atom is -0.497 e. The van der Waals surface area contributed by atoms with Gasteiger partial charge in [-0.2, -0.15) is 4.98 Å². The molecule has 0 aliphatic carbocycles. The Morgan fingerprint density at radius 1 is 0.970 bits per heavy atom. The van der Waals surface area contributed by atoms with Crippen molar-refractivity contribution in [3.63, 3.8) is 0 Å². The third kappa shape index (κ3) is 5.20. The van der Waals surface area contributed by atoms with Gasteiger partial charge in [0.2, 0.25) is 5.95 Å². The molecule has 1 aliphatic heterocycles. The van der Waals surface area contributed by atoms with Crippen LogP contribution in [0.2, 0.25) is 0 Å². The van der Waals surface area contributed by atoms with E-state index in [2.05, 4.69) is 10.2 Å². The standard InChI is InChI=1S/C24H31N5O4/c1-28(17-5-7-18(30-2)8-6-17)23-19-15-21(31-3)22(32-4)16-20(19)26-24(27-23)25-9-10-29-11-13-33-14-12-29/h5-8,15-16H,9-14H2,1-4H3,(H,25,26,27). The number of methoxy groups -OCH3 is 3. The van der Waals surface area contributed by atoms with Crippen molar-refractivity contribution < 1.29 is 18.9 Å². The number of benzene rings is 2. The summed E-state index contributed by atoms with van der Waals surface area (Å²) in [7, 11) is 6.89. The van der Waals surface area contributed by atoms with Gasteiger partial charge in [0.15, 0.2) is 11.5 Å². The third-order valence-electron chi connectivity index (χ3n) is 5.77. The van der Waals surface area contributed by atoms with Crippen molar-refractivity contribution in [3.8, 4) is 17.2 Å². The predicted molar refractivity (Wildman–Crippen MR) is 129 cm³/mol. The SMILES string of the molecule is COc1ccc(N(C)c2nc(NCCN3CCOCC3)nc3cc(OC)c(OC)cc23)cc1. The van der Waals surface area contributed by atoms with E-state index >= 15 is 0 Å². The number of morpholine rings is 1. The van der Waals surface area contributed by atoms with Crippen LogP contribution in [0, 0.1) is 0 Å². The number of fused-ring (bicyclic) bond motifs is 1. The molecule has 33 heavy (non-hydrogen) atoms. The normalized spacial score (nSPS) is 14.2. The molecule has 0 atom stereocenters. The van der Waals surface area contributed by atoms with E-state index in [1.54, 1.807) is 21.3 Å². The molecule has 1 aromatic heterocycles. The molecule has 0 bridgehead atoms. The zero-order chi connectivity index (χ0) is 23.2. The van der Waals surface area contributed by atoms with Crippen molar-refractivity contribution in [2.24, 2.45) is 0 Å². The highest BCUT2D eigenvalue weighted by Crippen LogP contribution is 2.37. The van der Waals surface area contributed by atoms with Crippen molar-refractivity contribution in [3.05, 3.63) is 36.4 Å². The maximum atomic E-state index is 5.53. The van der Waals surface area contributed by atoms with Crippen LogP contribution in [0.15, 0.2) is 36.4 Å². The quantitative estimate of drug-likeness (QED) is 0.525. The molecule has 1 saturated heterocycles. The maximum Gasteiger partial charge on any atom is 0.225 e. The smallest absolute Gasteiger partial charge is 0.225 e. The van der Waals surface area contributed by atoms with Crippen molar-refractivity contribution in [2.45, 2.75) is 0 Å². The number of aromatic nitrogens is 2. The lowest BCUT2D eigenvalue weighted by atomic mass is 10.2. The van der Waals surface area contributed by atoms with Gasteiger partial charge < -0.3 is 29.2 Å². The number of nitrogens with one attached hydrogen (secondary N) is 1. The Hall–Kier alpha value is -3.30. The molecular weight excluding hydrogens is 422 g/mol. The molecular formula is C24H31N5O4. The topological polar surface area (TPSA) is 81.2 Å². The van der Waals surface area contributed by atoms with Crippen LogP contribution in [-0.4, -0.2) is 82.6 Å². The number of nitrogens with zero attached hydrogens (tertiary/aromatic N) is 4. The van der Waals surface area contributed by atoms with Crippen LogP contribution in [0.1, 0.15) is 0 Å². The number of ether oxygens (including phenoxy) is 4. The highest BCUT2D eigenvalue weighted by atomic mass is 16.5. The average molecular weight is 454 g/mol. The summed E-state index contributed by atoms with van der Waals surface area (Å²) < 4.78 is 21.8. The molecule has 1 N–H and O–H groups in total. The van der Waals surface area contributed by atoms with Crippen LogP contribution in [0.5, 0.6) is 17.2 Å². The molecule has 176 valence electrons. The van der Waals surface area contributed by atoms with Crippen LogP contribution in [0.4, 0.5) is 17.5 Å². The van der Waals surface area contributed by atoms with Crippen LogP contribution < -0.4 is 24.4 Å². The Balaban J connectivity index is 1.67. The van der Waals surface area contributed by atoms with E-state index in [1.165, 1.54) is 0 Å². The first-order chi connectivity index (χ1) is 16.1. The maximum absolute atomic E-state index is 5.53.